The first-order valence-corrected chi connectivity index (χ1v) is 12.2. The van der Waals surface area contributed by atoms with Crippen molar-refractivity contribution in [2.45, 2.75) is 51.2 Å². The van der Waals surface area contributed by atoms with Crippen LogP contribution in [0.4, 0.5) is 11.5 Å². The van der Waals surface area contributed by atoms with Gasteiger partial charge in [0, 0.05) is 50.6 Å². The molecule has 2 fully saturated rings. The molecular formula is C26H37N3O4. The smallest absolute Gasteiger partial charge is 0.251 e. The molecule has 0 saturated carbocycles. The highest BCUT2D eigenvalue weighted by atomic mass is 16.5. The Hall–Kier alpha value is -2.51. The summed E-state index contributed by atoms with van der Waals surface area (Å²) in [5, 5.41) is 0. The second kappa shape index (κ2) is 11.6. The number of pyridine rings is 1. The Bertz CT molecular complexity index is 924. The Morgan fingerprint density at radius 3 is 2.64 bits per heavy atom. The summed E-state index contributed by atoms with van der Waals surface area (Å²) in [5.74, 6) is 1.80. The fraction of sp³-hybridized carbons (Fsp3) is 0.577. The van der Waals surface area contributed by atoms with Crippen molar-refractivity contribution < 1.29 is 14.2 Å². The van der Waals surface area contributed by atoms with Gasteiger partial charge in [0.25, 0.3) is 5.56 Å². The molecule has 0 amide bonds. The van der Waals surface area contributed by atoms with Crippen LogP contribution in [0.5, 0.6) is 5.75 Å². The van der Waals surface area contributed by atoms with Crippen molar-refractivity contribution in [2.24, 2.45) is 0 Å². The number of hydrogen-bond donors (Lipinski definition) is 1. The van der Waals surface area contributed by atoms with Crippen molar-refractivity contribution in [2.75, 3.05) is 56.4 Å². The lowest BCUT2D eigenvalue weighted by Gasteiger charge is -2.34. The van der Waals surface area contributed by atoms with E-state index in [1.807, 2.05) is 19.1 Å². The molecular weight excluding hydrogens is 418 g/mol. The highest BCUT2D eigenvalue weighted by Crippen LogP contribution is 2.28. The molecule has 33 heavy (non-hydrogen) atoms. The summed E-state index contributed by atoms with van der Waals surface area (Å²) in [5.41, 5.74) is 2.24. The summed E-state index contributed by atoms with van der Waals surface area (Å²) >= 11 is 0. The number of hydrogen-bond acceptors (Lipinski definition) is 6. The number of ether oxygens (including phenoxy) is 3. The van der Waals surface area contributed by atoms with Gasteiger partial charge in [0.1, 0.15) is 17.7 Å². The minimum Gasteiger partial charge on any atom is -0.488 e. The number of nitrogens with zero attached hydrogens (tertiary/aromatic N) is 2. The average Bonchev–Trinajstić information content (AvgIpc) is 3.06. The highest BCUT2D eigenvalue weighted by molar-refractivity contribution is 5.56. The number of H-pyrrole nitrogens is 1. The molecule has 1 aromatic heterocycles. The molecule has 2 aliphatic rings. The van der Waals surface area contributed by atoms with Crippen LogP contribution in [0, 0.1) is 0 Å². The summed E-state index contributed by atoms with van der Waals surface area (Å²) in [7, 11) is 1.69. The first-order chi connectivity index (χ1) is 16.1. The quantitative estimate of drug-likeness (QED) is 0.656. The molecule has 1 aromatic carbocycles. The molecule has 0 spiro atoms. The minimum absolute atomic E-state index is 0.0220. The molecule has 180 valence electrons. The SMILES string of the molecule is COC[C@@H](C)Oc1ccc(C[C@@H]2CCCCCN2c2cc(N3CCOCC3)cc(=O)[nH]2)cc1. The molecule has 0 unspecified atom stereocenters. The van der Waals surface area contributed by atoms with Gasteiger partial charge in [-0.25, -0.2) is 0 Å². The maximum absolute atomic E-state index is 12.6. The van der Waals surface area contributed by atoms with Gasteiger partial charge in [-0.15, -0.1) is 0 Å². The zero-order valence-electron chi connectivity index (χ0n) is 19.9. The van der Waals surface area contributed by atoms with Crippen molar-refractivity contribution in [1.82, 2.24) is 4.98 Å². The van der Waals surface area contributed by atoms with Gasteiger partial charge < -0.3 is 29.0 Å². The van der Waals surface area contributed by atoms with Crippen LogP contribution in [0.1, 0.15) is 38.2 Å². The number of aromatic amines is 1. The lowest BCUT2D eigenvalue weighted by Crippen LogP contribution is -2.39. The van der Waals surface area contributed by atoms with Gasteiger partial charge in [0.2, 0.25) is 0 Å². The second-order valence-electron chi connectivity index (χ2n) is 9.12. The van der Waals surface area contributed by atoms with Crippen molar-refractivity contribution in [1.29, 1.82) is 0 Å². The van der Waals surface area contributed by atoms with Gasteiger partial charge in [-0.05, 0) is 43.9 Å². The van der Waals surface area contributed by atoms with Crippen LogP contribution in [0.3, 0.4) is 0 Å². The summed E-state index contributed by atoms with van der Waals surface area (Å²) < 4.78 is 16.5. The third kappa shape index (κ3) is 6.51. The van der Waals surface area contributed by atoms with Crippen LogP contribution in [0.2, 0.25) is 0 Å². The lowest BCUT2D eigenvalue weighted by atomic mass is 10.0. The average molecular weight is 456 g/mol. The van der Waals surface area contributed by atoms with E-state index in [0.29, 0.717) is 25.9 Å². The zero-order valence-corrected chi connectivity index (χ0v) is 19.9. The fourth-order valence-corrected chi connectivity index (χ4v) is 4.86. The normalized spacial score (nSPS) is 20.4. The van der Waals surface area contributed by atoms with Gasteiger partial charge in [-0.1, -0.05) is 25.0 Å². The van der Waals surface area contributed by atoms with Gasteiger partial charge >= 0.3 is 0 Å². The van der Waals surface area contributed by atoms with E-state index in [1.165, 1.54) is 18.4 Å². The first-order valence-electron chi connectivity index (χ1n) is 12.2. The number of benzene rings is 1. The molecule has 1 N–H and O–H groups in total. The van der Waals surface area contributed by atoms with Gasteiger partial charge in [-0.2, -0.15) is 0 Å². The van der Waals surface area contributed by atoms with Crippen LogP contribution in [-0.2, 0) is 15.9 Å². The van der Waals surface area contributed by atoms with Gasteiger partial charge in [0.05, 0.1) is 19.8 Å². The molecule has 0 radical (unpaired) electrons. The van der Waals surface area contributed by atoms with E-state index in [9.17, 15) is 4.79 Å². The van der Waals surface area contributed by atoms with E-state index < -0.39 is 0 Å². The minimum atomic E-state index is -0.0383. The monoisotopic (exact) mass is 455 g/mol. The number of aromatic nitrogens is 1. The summed E-state index contributed by atoms with van der Waals surface area (Å²) in [6.45, 7) is 6.60. The predicted octanol–water partition coefficient (Wildman–Crippen LogP) is 3.62. The van der Waals surface area contributed by atoms with E-state index in [2.05, 4.69) is 33.0 Å². The van der Waals surface area contributed by atoms with Crippen LogP contribution in [0.25, 0.3) is 0 Å². The van der Waals surface area contributed by atoms with Crippen molar-refractivity contribution in [3.05, 3.63) is 52.3 Å². The van der Waals surface area contributed by atoms with Crippen LogP contribution in [-0.4, -0.2) is 63.7 Å². The molecule has 4 rings (SSSR count). The van der Waals surface area contributed by atoms with Crippen molar-refractivity contribution >= 4 is 11.5 Å². The van der Waals surface area contributed by atoms with E-state index in [4.69, 9.17) is 14.2 Å². The standard InChI is InChI=1S/C26H37N3O4/c1-20(19-31-2)33-24-9-7-21(8-10-24)16-22-6-4-3-5-11-29(22)25-17-23(18-26(30)27-25)28-12-14-32-15-13-28/h7-10,17-18,20,22H,3-6,11-16,19H2,1-2H3,(H,27,30)/t20-,22+/m1/s1. The number of anilines is 2. The van der Waals surface area contributed by atoms with Crippen molar-refractivity contribution in [3.8, 4) is 5.75 Å². The van der Waals surface area contributed by atoms with Crippen LogP contribution >= 0.6 is 0 Å². The Morgan fingerprint density at radius 1 is 1.09 bits per heavy atom. The third-order valence-corrected chi connectivity index (χ3v) is 6.51. The molecule has 2 aliphatic heterocycles. The molecule has 2 saturated heterocycles. The Balaban J connectivity index is 1.50. The molecule has 0 aliphatic carbocycles. The summed E-state index contributed by atoms with van der Waals surface area (Å²) in [6.07, 6.45) is 5.66. The van der Waals surface area contributed by atoms with Crippen molar-refractivity contribution in [3.63, 3.8) is 0 Å². The number of rotatable bonds is 8. The maximum Gasteiger partial charge on any atom is 0.251 e. The Kier molecular flexibility index (Phi) is 8.29. The topological polar surface area (TPSA) is 67.0 Å². The van der Waals surface area contributed by atoms with E-state index >= 15 is 0 Å². The Morgan fingerprint density at radius 2 is 1.88 bits per heavy atom. The molecule has 3 heterocycles. The lowest BCUT2D eigenvalue weighted by molar-refractivity contribution is 0.0921. The molecule has 7 nitrogen and oxygen atoms in total. The summed E-state index contributed by atoms with van der Waals surface area (Å²) in [4.78, 5) is 20.3. The Labute approximate surface area is 196 Å². The molecule has 2 aromatic rings. The molecule has 2 atom stereocenters. The largest absolute Gasteiger partial charge is 0.488 e. The van der Waals surface area contributed by atoms with Gasteiger partial charge in [0.15, 0.2) is 0 Å². The fourth-order valence-electron chi connectivity index (χ4n) is 4.86. The van der Waals surface area contributed by atoms with E-state index in [1.54, 1.807) is 13.2 Å². The number of methoxy groups -OCH3 is 1. The predicted molar refractivity (Wildman–Crippen MR) is 132 cm³/mol. The zero-order chi connectivity index (χ0) is 23.0. The van der Waals surface area contributed by atoms with Crippen LogP contribution in [0.15, 0.2) is 41.2 Å². The highest BCUT2D eigenvalue weighted by Gasteiger charge is 2.24. The van der Waals surface area contributed by atoms with E-state index in [0.717, 1.165) is 56.2 Å². The molecule has 0 bridgehead atoms. The first kappa shape index (κ1) is 23.6. The molecule has 7 heteroatoms. The number of nitrogens with one attached hydrogen (secondary N) is 1. The maximum atomic E-state index is 12.6. The van der Waals surface area contributed by atoms with Gasteiger partial charge in [-0.3, -0.25) is 4.79 Å². The second-order valence-corrected chi connectivity index (χ2v) is 9.12. The van der Waals surface area contributed by atoms with E-state index in [-0.39, 0.29) is 11.7 Å². The van der Waals surface area contributed by atoms with Crippen LogP contribution < -0.4 is 20.1 Å². The number of morpholine rings is 1. The third-order valence-electron chi connectivity index (χ3n) is 6.51. The summed E-state index contributed by atoms with van der Waals surface area (Å²) in [6, 6.07) is 12.6.